The van der Waals surface area contributed by atoms with Crippen LogP contribution in [0.5, 0.6) is 5.75 Å². The van der Waals surface area contributed by atoms with Gasteiger partial charge in [-0.2, -0.15) is 5.10 Å². The molecule has 7 nitrogen and oxygen atoms in total. The highest BCUT2D eigenvalue weighted by molar-refractivity contribution is 7.71. The fraction of sp³-hybridized carbons (Fsp3) is 0.333. The number of hydrogen-bond donors (Lipinski definition) is 0. The van der Waals surface area contributed by atoms with Crippen LogP contribution < -0.4 is 10.3 Å². The van der Waals surface area contributed by atoms with Gasteiger partial charge in [-0.3, -0.25) is 9.36 Å². The first-order valence-corrected chi connectivity index (χ1v) is 7.73. The number of carbonyl (C=O) groups excluding carboxylic acids is 1. The average Bonchev–Trinajstić information content (AvgIpc) is 2.56. The Morgan fingerprint density at radius 3 is 2.62 bits per heavy atom. The van der Waals surface area contributed by atoms with Crippen LogP contribution in [0.4, 0.5) is 0 Å². The van der Waals surface area contributed by atoms with Crippen LogP contribution in [0.25, 0.3) is 11.3 Å². The number of nitrogens with zero attached hydrogens (tertiary/aromatic N) is 3. The molecule has 0 bridgehead atoms. The smallest absolute Gasteiger partial charge is 0.346 e. The molecule has 9 heteroatoms. The Labute approximate surface area is 148 Å². The third kappa shape index (κ3) is 3.49. The minimum atomic E-state index is -0.778. The summed E-state index contributed by atoms with van der Waals surface area (Å²) in [5.74, 6) is -0.124. The summed E-state index contributed by atoms with van der Waals surface area (Å²) in [7, 11) is 4.50. The molecule has 0 spiro atoms. The number of ether oxygens (including phenoxy) is 2. The van der Waals surface area contributed by atoms with E-state index in [1.165, 1.54) is 22.4 Å². The number of carbonyl (C=O) groups is 1. The van der Waals surface area contributed by atoms with E-state index in [2.05, 4.69) is 9.84 Å². The van der Waals surface area contributed by atoms with E-state index < -0.39 is 12.1 Å². The van der Waals surface area contributed by atoms with Gasteiger partial charge in [0.25, 0.3) is 5.56 Å². The van der Waals surface area contributed by atoms with E-state index in [-0.39, 0.29) is 16.3 Å². The van der Waals surface area contributed by atoms with Gasteiger partial charge in [0.05, 0.1) is 12.1 Å². The van der Waals surface area contributed by atoms with Crippen molar-refractivity contribution in [2.75, 3.05) is 7.11 Å². The second-order valence-corrected chi connectivity index (χ2v) is 5.82. The highest BCUT2D eigenvalue weighted by Crippen LogP contribution is 2.29. The van der Waals surface area contributed by atoms with Gasteiger partial charge in [-0.05, 0) is 37.3 Å². The van der Waals surface area contributed by atoms with Gasteiger partial charge in [0.1, 0.15) is 5.75 Å². The lowest BCUT2D eigenvalue weighted by Crippen LogP contribution is -2.26. The summed E-state index contributed by atoms with van der Waals surface area (Å²) in [5, 5.41) is 4.45. The van der Waals surface area contributed by atoms with Crippen LogP contribution in [0.3, 0.4) is 0 Å². The molecular weight excluding hydrogens is 354 g/mol. The van der Waals surface area contributed by atoms with Gasteiger partial charge in [0.15, 0.2) is 16.6 Å². The van der Waals surface area contributed by atoms with E-state index in [0.29, 0.717) is 16.1 Å². The van der Waals surface area contributed by atoms with Crippen molar-refractivity contribution in [1.82, 2.24) is 14.3 Å². The largest absolute Gasteiger partial charge is 0.479 e. The molecule has 24 heavy (non-hydrogen) atoms. The molecule has 0 saturated carbocycles. The van der Waals surface area contributed by atoms with Crippen molar-refractivity contribution in [1.29, 1.82) is 0 Å². The van der Waals surface area contributed by atoms with Crippen molar-refractivity contribution in [3.05, 3.63) is 38.3 Å². The number of esters is 1. The lowest BCUT2D eigenvalue weighted by Gasteiger charge is -2.14. The third-order valence-corrected chi connectivity index (χ3v) is 4.21. The molecule has 0 N–H and O–H groups in total. The zero-order valence-electron chi connectivity index (χ0n) is 13.6. The Bertz CT molecular complexity index is 907. The van der Waals surface area contributed by atoms with E-state index in [9.17, 15) is 9.59 Å². The SMILES string of the molecule is COC(=O)[C@@H](C)Oc1ccc(-c2nn(C)c(=S)n(C)c2=O)c(Cl)c1. The molecule has 0 radical (unpaired) electrons. The Kier molecular flexibility index (Phi) is 5.40. The van der Waals surface area contributed by atoms with Crippen molar-refractivity contribution >= 4 is 29.8 Å². The molecule has 1 heterocycles. The zero-order valence-corrected chi connectivity index (χ0v) is 15.1. The summed E-state index contributed by atoms with van der Waals surface area (Å²) in [6.45, 7) is 1.56. The first-order chi connectivity index (χ1) is 11.3. The predicted molar refractivity (Wildman–Crippen MR) is 91.8 cm³/mol. The average molecular weight is 370 g/mol. The molecule has 0 unspecified atom stereocenters. The molecule has 1 aromatic heterocycles. The lowest BCUT2D eigenvalue weighted by molar-refractivity contribution is -0.147. The normalized spacial score (nSPS) is 11.9. The summed E-state index contributed by atoms with van der Waals surface area (Å²) in [4.78, 5) is 23.7. The van der Waals surface area contributed by atoms with Gasteiger partial charge >= 0.3 is 5.97 Å². The number of hydrogen-bond acceptors (Lipinski definition) is 6. The maximum atomic E-state index is 12.4. The van der Waals surface area contributed by atoms with Crippen molar-refractivity contribution < 1.29 is 14.3 Å². The van der Waals surface area contributed by atoms with Crippen LogP contribution in [0, 0.1) is 4.77 Å². The third-order valence-electron chi connectivity index (χ3n) is 3.36. The Morgan fingerprint density at radius 2 is 2.04 bits per heavy atom. The van der Waals surface area contributed by atoms with E-state index in [1.54, 1.807) is 33.2 Å². The molecule has 0 aliphatic rings. The molecule has 0 amide bonds. The molecule has 0 aliphatic carbocycles. The van der Waals surface area contributed by atoms with Crippen LogP contribution in [0.15, 0.2) is 23.0 Å². The van der Waals surface area contributed by atoms with Gasteiger partial charge in [-0.15, -0.1) is 0 Å². The number of halogens is 1. The highest BCUT2D eigenvalue weighted by Gasteiger charge is 2.17. The summed E-state index contributed by atoms with van der Waals surface area (Å²) in [5.41, 5.74) is 0.267. The van der Waals surface area contributed by atoms with Crippen LogP contribution >= 0.6 is 23.8 Å². The number of aryl methyl sites for hydroxylation is 1. The van der Waals surface area contributed by atoms with Gasteiger partial charge in [0.2, 0.25) is 0 Å². The molecular formula is C15H16ClN3O4S. The predicted octanol–water partition coefficient (Wildman–Crippen LogP) is 2.11. The van der Waals surface area contributed by atoms with Crippen molar-refractivity contribution in [2.24, 2.45) is 14.1 Å². The van der Waals surface area contributed by atoms with Crippen LogP contribution in [0.2, 0.25) is 5.02 Å². The van der Waals surface area contributed by atoms with Gasteiger partial charge in [0, 0.05) is 19.7 Å². The number of rotatable bonds is 4. The Hall–Kier alpha value is -2.19. The van der Waals surface area contributed by atoms with E-state index in [0.717, 1.165) is 0 Å². The molecule has 1 atom stereocenters. The monoisotopic (exact) mass is 369 g/mol. The van der Waals surface area contributed by atoms with Crippen LogP contribution in [0.1, 0.15) is 6.92 Å². The summed E-state index contributed by atoms with van der Waals surface area (Å²) < 4.78 is 13.1. The lowest BCUT2D eigenvalue weighted by atomic mass is 10.1. The molecule has 0 aliphatic heterocycles. The molecule has 1 aromatic carbocycles. The zero-order chi connectivity index (χ0) is 18.0. The number of aromatic nitrogens is 3. The van der Waals surface area contributed by atoms with E-state index in [4.69, 9.17) is 28.6 Å². The summed E-state index contributed by atoms with van der Waals surface area (Å²) in [6.07, 6.45) is -0.778. The quantitative estimate of drug-likeness (QED) is 0.607. The second kappa shape index (κ2) is 7.14. The van der Waals surface area contributed by atoms with Gasteiger partial charge in [-0.1, -0.05) is 11.6 Å². The molecule has 0 fully saturated rings. The molecule has 2 rings (SSSR count). The molecule has 2 aromatic rings. The van der Waals surface area contributed by atoms with E-state index >= 15 is 0 Å². The second-order valence-electron chi connectivity index (χ2n) is 5.04. The first kappa shape index (κ1) is 18.2. The van der Waals surface area contributed by atoms with Crippen molar-refractivity contribution in [3.63, 3.8) is 0 Å². The number of methoxy groups -OCH3 is 1. The van der Waals surface area contributed by atoms with Gasteiger partial charge < -0.3 is 9.47 Å². The maximum absolute atomic E-state index is 12.4. The van der Waals surface area contributed by atoms with Gasteiger partial charge in [-0.25, -0.2) is 9.48 Å². The minimum Gasteiger partial charge on any atom is -0.479 e. The summed E-state index contributed by atoms with van der Waals surface area (Å²) in [6, 6.07) is 4.72. The van der Waals surface area contributed by atoms with E-state index in [1.807, 2.05) is 0 Å². The maximum Gasteiger partial charge on any atom is 0.346 e. The highest BCUT2D eigenvalue weighted by atomic mass is 35.5. The van der Waals surface area contributed by atoms with Crippen LogP contribution in [-0.2, 0) is 23.6 Å². The number of benzene rings is 1. The molecule has 0 saturated heterocycles. The minimum absolute atomic E-state index is 0.172. The summed E-state index contributed by atoms with van der Waals surface area (Å²) >= 11 is 11.4. The Balaban J connectivity index is 2.43. The first-order valence-electron chi connectivity index (χ1n) is 6.95. The fourth-order valence-electron chi connectivity index (χ4n) is 2.05. The van der Waals surface area contributed by atoms with Crippen molar-refractivity contribution in [2.45, 2.75) is 13.0 Å². The van der Waals surface area contributed by atoms with Crippen molar-refractivity contribution in [3.8, 4) is 17.0 Å². The van der Waals surface area contributed by atoms with Crippen LogP contribution in [-0.4, -0.2) is 33.5 Å². The Morgan fingerprint density at radius 1 is 1.38 bits per heavy atom. The fourth-order valence-corrected chi connectivity index (χ4v) is 2.43. The standard InChI is InChI=1S/C15H16ClN3O4S/c1-8(14(21)22-4)23-9-5-6-10(11(16)7-9)12-13(20)18(2)15(24)19(3)17-12/h5-8H,1-4H3/t8-/m1/s1. The molecule has 128 valence electrons. The topological polar surface area (TPSA) is 75.3 Å².